The molecule has 0 saturated heterocycles. The molecule has 25 heavy (non-hydrogen) atoms. The zero-order valence-electron chi connectivity index (χ0n) is 15.1. The molecular weight excluding hydrogens is 319 g/mol. The molecule has 5 heteroatoms. The molecule has 2 aromatic carbocycles. The minimum absolute atomic E-state index is 0.0363. The third-order valence-corrected chi connectivity index (χ3v) is 4.01. The molecule has 0 aliphatic heterocycles. The summed E-state index contributed by atoms with van der Waals surface area (Å²) < 4.78 is 18.4. The summed E-state index contributed by atoms with van der Waals surface area (Å²) in [4.78, 5) is 12.3. The van der Waals surface area contributed by atoms with Gasteiger partial charge in [0.25, 0.3) is 0 Å². The van der Waals surface area contributed by atoms with Crippen molar-refractivity contribution in [2.75, 3.05) is 19.0 Å². The van der Waals surface area contributed by atoms with Crippen molar-refractivity contribution in [2.24, 2.45) is 5.92 Å². The number of methoxy groups -OCH3 is 1. The van der Waals surface area contributed by atoms with Crippen LogP contribution in [0, 0.1) is 18.7 Å². The van der Waals surface area contributed by atoms with Crippen LogP contribution in [0.25, 0.3) is 0 Å². The van der Waals surface area contributed by atoms with Crippen LogP contribution in [0.5, 0.6) is 5.75 Å². The molecule has 0 bridgehead atoms. The number of benzene rings is 2. The van der Waals surface area contributed by atoms with Crippen LogP contribution >= 0.6 is 0 Å². The van der Waals surface area contributed by atoms with E-state index in [2.05, 4.69) is 24.5 Å². The average molecular weight is 344 g/mol. The number of nitrogens with one attached hydrogen (secondary N) is 2. The number of anilines is 1. The molecule has 2 rings (SSSR count). The molecule has 0 aliphatic rings. The van der Waals surface area contributed by atoms with Gasteiger partial charge in [-0.25, -0.2) is 4.39 Å². The first-order chi connectivity index (χ1) is 11.9. The van der Waals surface area contributed by atoms with Gasteiger partial charge in [0.15, 0.2) is 0 Å². The Kier molecular flexibility index (Phi) is 6.53. The number of rotatable bonds is 7. The molecule has 2 aromatic rings. The minimum Gasteiger partial charge on any atom is -0.495 e. The second kappa shape index (κ2) is 8.62. The Bertz CT molecular complexity index is 714. The summed E-state index contributed by atoms with van der Waals surface area (Å²) >= 11 is 0. The highest BCUT2D eigenvalue weighted by molar-refractivity contribution is 5.93. The summed E-state index contributed by atoms with van der Waals surface area (Å²) in [5.74, 6) is 0.455. The Morgan fingerprint density at radius 1 is 1.16 bits per heavy atom. The van der Waals surface area contributed by atoms with Crippen molar-refractivity contribution in [3.8, 4) is 5.75 Å². The van der Waals surface area contributed by atoms with E-state index >= 15 is 0 Å². The lowest BCUT2D eigenvalue weighted by molar-refractivity contribution is -0.115. The Labute approximate surface area is 148 Å². The standard InChI is InChI=1S/C20H25FN2O2/c1-13(2)20(15-6-8-16(21)9-7-15)22-12-19(24)23-17-11-14(3)5-10-18(17)25-4/h5-11,13,20,22H,12H2,1-4H3,(H,23,24)/t20-/m1/s1. The van der Waals surface area contributed by atoms with E-state index < -0.39 is 0 Å². The van der Waals surface area contributed by atoms with Crippen LogP contribution in [-0.2, 0) is 4.79 Å². The van der Waals surface area contributed by atoms with E-state index in [4.69, 9.17) is 4.74 Å². The Morgan fingerprint density at radius 3 is 2.44 bits per heavy atom. The van der Waals surface area contributed by atoms with E-state index in [9.17, 15) is 9.18 Å². The van der Waals surface area contributed by atoms with Gasteiger partial charge in [0.05, 0.1) is 19.3 Å². The fraction of sp³-hybridized carbons (Fsp3) is 0.350. The van der Waals surface area contributed by atoms with Crippen molar-refractivity contribution in [3.63, 3.8) is 0 Å². The van der Waals surface area contributed by atoms with Gasteiger partial charge in [0.2, 0.25) is 5.91 Å². The van der Waals surface area contributed by atoms with Gasteiger partial charge < -0.3 is 15.4 Å². The first-order valence-corrected chi connectivity index (χ1v) is 8.34. The molecule has 2 N–H and O–H groups in total. The number of halogens is 1. The number of carbonyl (C=O) groups excluding carboxylic acids is 1. The second-order valence-electron chi connectivity index (χ2n) is 6.41. The van der Waals surface area contributed by atoms with Crippen LogP contribution in [0.1, 0.15) is 31.0 Å². The van der Waals surface area contributed by atoms with E-state index in [-0.39, 0.29) is 30.2 Å². The monoisotopic (exact) mass is 344 g/mol. The van der Waals surface area contributed by atoms with Crippen LogP contribution in [0.4, 0.5) is 10.1 Å². The maximum absolute atomic E-state index is 13.1. The summed E-state index contributed by atoms with van der Waals surface area (Å²) in [7, 11) is 1.57. The molecule has 134 valence electrons. The predicted octanol–water partition coefficient (Wildman–Crippen LogP) is 4.07. The first-order valence-electron chi connectivity index (χ1n) is 8.34. The Morgan fingerprint density at radius 2 is 1.84 bits per heavy atom. The Balaban J connectivity index is 2.02. The molecule has 0 saturated carbocycles. The number of carbonyl (C=O) groups is 1. The van der Waals surface area contributed by atoms with Crippen LogP contribution in [-0.4, -0.2) is 19.6 Å². The van der Waals surface area contributed by atoms with E-state index in [1.54, 1.807) is 19.2 Å². The number of hydrogen-bond donors (Lipinski definition) is 2. The van der Waals surface area contributed by atoms with Crippen LogP contribution in [0.3, 0.4) is 0 Å². The number of hydrogen-bond acceptors (Lipinski definition) is 3. The van der Waals surface area contributed by atoms with Crippen LogP contribution in [0.2, 0.25) is 0 Å². The maximum Gasteiger partial charge on any atom is 0.238 e. The minimum atomic E-state index is -0.268. The summed E-state index contributed by atoms with van der Waals surface area (Å²) in [6.07, 6.45) is 0. The van der Waals surface area contributed by atoms with Crippen molar-refractivity contribution in [1.29, 1.82) is 0 Å². The number of amides is 1. The van der Waals surface area contributed by atoms with E-state index in [1.165, 1.54) is 12.1 Å². The molecule has 1 amide bonds. The summed E-state index contributed by atoms with van der Waals surface area (Å²) in [6, 6.07) is 11.9. The highest BCUT2D eigenvalue weighted by atomic mass is 19.1. The van der Waals surface area contributed by atoms with Gasteiger partial charge in [0.1, 0.15) is 11.6 Å². The number of aryl methyl sites for hydroxylation is 1. The van der Waals surface area contributed by atoms with Crippen molar-refractivity contribution in [1.82, 2.24) is 5.32 Å². The molecule has 0 heterocycles. The highest BCUT2D eigenvalue weighted by Crippen LogP contribution is 2.25. The average Bonchev–Trinajstić information content (AvgIpc) is 2.56. The van der Waals surface area contributed by atoms with Crippen molar-refractivity contribution in [3.05, 3.63) is 59.4 Å². The molecular formula is C20H25FN2O2. The molecule has 0 aliphatic carbocycles. The second-order valence-corrected chi connectivity index (χ2v) is 6.41. The zero-order valence-corrected chi connectivity index (χ0v) is 15.1. The van der Waals surface area contributed by atoms with Gasteiger partial charge in [-0.15, -0.1) is 0 Å². The summed E-state index contributed by atoms with van der Waals surface area (Å²) in [6.45, 7) is 6.22. The molecule has 1 atom stereocenters. The van der Waals surface area contributed by atoms with Crippen LogP contribution in [0.15, 0.2) is 42.5 Å². The lowest BCUT2D eigenvalue weighted by Gasteiger charge is -2.23. The third-order valence-electron chi connectivity index (χ3n) is 4.01. The lowest BCUT2D eigenvalue weighted by atomic mass is 9.96. The Hall–Kier alpha value is -2.40. The molecule has 0 radical (unpaired) electrons. The molecule has 0 spiro atoms. The normalized spacial score (nSPS) is 12.1. The van der Waals surface area contributed by atoms with Crippen molar-refractivity contribution >= 4 is 11.6 Å². The quantitative estimate of drug-likeness (QED) is 0.796. The van der Waals surface area contributed by atoms with E-state index in [0.717, 1.165) is 11.1 Å². The molecule has 0 unspecified atom stereocenters. The van der Waals surface area contributed by atoms with Gasteiger partial charge in [-0.3, -0.25) is 4.79 Å². The third kappa shape index (κ3) is 5.29. The SMILES string of the molecule is COc1ccc(C)cc1NC(=O)CN[C@@H](c1ccc(F)cc1)C(C)C. The predicted molar refractivity (Wildman–Crippen MR) is 98.3 cm³/mol. The summed E-state index contributed by atoms with van der Waals surface area (Å²) in [5, 5.41) is 6.12. The van der Waals surface area contributed by atoms with Gasteiger partial charge in [-0.2, -0.15) is 0 Å². The first kappa shape index (κ1) is 18.9. The smallest absolute Gasteiger partial charge is 0.238 e. The maximum atomic E-state index is 13.1. The number of ether oxygens (including phenoxy) is 1. The molecule has 0 fully saturated rings. The highest BCUT2D eigenvalue weighted by Gasteiger charge is 2.17. The van der Waals surface area contributed by atoms with Crippen LogP contribution < -0.4 is 15.4 Å². The van der Waals surface area contributed by atoms with Crippen molar-refractivity contribution in [2.45, 2.75) is 26.8 Å². The van der Waals surface area contributed by atoms with Crippen molar-refractivity contribution < 1.29 is 13.9 Å². The van der Waals surface area contributed by atoms with E-state index in [0.29, 0.717) is 11.4 Å². The van der Waals surface area contributed by atoms with E-state index in [1.807, 2.05) is 25.1 Å². The molecule has 4 nitrogen and oxygen atoms in total. The largest absolute Gasteiger partial charge is 0.495 e. The summed E-state index contributed by atoms with van der Waals surface area (Å²) in [5.41, 5.74) is 2.64. The van der Waals surface area contributed by atoms with Gasteiger partial charge in [-0.05, 0) is 48.2 Å². The topological polar surface area (TPSA) is 50.4 Å². The lowest BCUT2D eigenvalue weighted by Crippen LogP contribution is -2.33. The van der Waals surface area contributed by atoms with Gasteiger partial charge in [-0.1, -0.05) is 32.0 Å². The van der Waals surface area contributed by atoms with Gasteiger partial charge in [0, 0.05) is 6.04 Å². The van der Waals surface area contributed by atoms with Gasteiger partial charge >= 0.3 is 0 Å². The fourth-order valence-corrected chi connectivity index (χ4v) is 2.73. The fourth-order valence-electron chi connectivity index (χ4n) is 2.73. The zero-order chi connectivity index (χ0) is 18.4. The molecule has 0 aromatic heterocycles.